The fraction of sp³-hybridized carbons (Fsp3) is 0.625. The molecule has 1 atom stereocenters. The molecule has 3 nitrogen and oxygen atoms in total. The van der Waals surface area contributed by atoms with Gasteiger partial charge in [0.05, 0.1) is 11.5 Å². The Labute approximate surface area is 132 Å². The number of rotatable bonds is 2. The minimum atomic E-state index is -2.81. The molecular formula is C16H22ClNO2S. The van der Waals surface area contributed by atoms with E-state index in [0.29, 0.717) is 11.5 Å². The molecule has 0 bridgehead atoms. The first kappa shape index (κ1) is 15.3. The van der Waals surface area contributed by atoms with E-state index in [1.54, 1.807) is 0 Å². The van der Waals surface area contributed by atoms with Gasteiger partial charge < -0.3 is 0 Å². The summed E-state index contributed by atoms with van der Waals surface area (Å²) in [5.41, 5.74) is 2.37. The number of halogens is 1. The van der Waals surface area contributed by atoms with Gasteiger partial charge in [-0.15, -0.1) is 0 Å². The quantitative estimate of drug-likeness (QED) is 0.838. The Morgan fingerprint density at radius 3 is 2.81 bits per heavy atom. The van der Waals surface area contributed by atoms with Gasteiger partial charge in [0.25, 0.3) is 0 Å². The van der Waals surface area contributed by atoms with E-state index in [1.165, 1.54) is 5.56 Å². The van der Waals surface area contributed by atoms with E-state index >= 15 is 0 Å². The summed E-state index contributed by atoms with van der Waals surface area (Å²) in [5.74, 6) is 0.761. The van der Waals surface area contributed by atoms with E-state index in [9.17, 15) is 8.42 Å². The van der Waals surface area contributed by atoms with Crippen molar-refractivity contribution in [2.45, 2.75) is 32.7 Å². The van der Waals surface area contributed by atoms with Crippen LogP contribution in [0.1, 0.15) is 30.4 Å². The van der Waals surface area contributed by atoms with Crippen LogP contribution in [0.15, 0.2) is 18.2 Å². The fourth-order valence-corrected chi connectivity index (χ4v) is 6.13. The zero-order valence-corrected chi connectivity index (χ0v) is 14.0. The molecule has 2 heterocycles. The highest BCUT2D eigenvalue weighted by Crippen LogP contribution is 2.40. The van der Waals surface area contributed by atoms with Crippen LogP contribution in [-0.2, 0) is 16.4 Å². The lowest BCUT2D eigenvalue weighted by Gasteiger charge is -2.39. The molecule has 1 spiro atoms. The van der Waals surface area contributed by atoms with Crippen molar-refractivity contribution in [2.24, 2.45) is 5.41 Å². The summed E-state index contributed by atoms with van der Waals surface area (Å²) in [6, 6.07) is 6.16. The SMILES string of the molecule is Cc1cc(CN2CCCC3(CCS(=O)(=O)C3)C2)ccc1Cl. The van der Waals surface area contributed by atoms with Gasteiger partial charge in [-0.1, -0.05) is 23.7 Å². The minimum Gasteiger partial charge on any atom is -0.298 e. The van der Waals surface area contributed by atoms with Crippen molar-refractivity contribution >= 4 is 21.4 Å². The van der Waals surface area contributed by atoms with E-state index in [4.69, 9.17) is 11.6 Å². The second kappa shape index (κ2) is 5.56. The normalized spacial score (nSPS) is 29.0. The summed E-state index contributed by atoms with van der Waals surface area (Å²) in [6.45, 7) is 4.88. The zero-order valence-electron chi connectivity index (χ0n) is 12.4. The highest BCUT2D eigenvalue weighted by molar-refractivity contribution is 7.91. The number of piperidine rings is 1. The van der Waals surface area contributed by atoms with Crippen LogP contribution in [0.25, 0.3) is 0 Å². The Morgan fingerprint density at radius 1 is 1.33 bits per heavy atom. The lowest BCUT2D eigenvalue weighted by molar-refractivity contribution is 0.102. The van der Waals surface area contributed by atoms with Gasteiger partial charge in [0, 0.05) is 18.1 Å². The summed E-state index contributed by atoms with van der Waals surface area (Å²) < 4.78 is 23.6. The molecule has 116 valence electrons. The number of likely N-dealkylation sites (tertiary alicyclic amines) is 1. The molecule has 2 aliphatic heterocycles. The van der Waals surface area contributed by atoms with Crippen LogP contribution in [-0.4, -0.2) is 37.9 Å². The third-order valence-corrected chi connectivity index (χ3v) is 7.14. The summed E-state index contributed by atoms with van der Waals surface area (Å²) >= 11 is 6.07. The number of nitrogens with zero attached hydrogens (tertiary/aromatic N) is 1. The average Bonchev–Trinajstić information content (AvgIpc) is 2.69. The number of aryl methyl sites for hydroxylation is 1. The Hall–Kier alpha value is -0.580. The third-order valence-electron chi connectivity index (χ3n) is 4.84. The van der Waals surface area contributed by atoms with Crippen LogP contribution in [0.3, 0.4) is 0 Å². The smallest absolute Gasteiger partial charge is 0.150 e. The second-order valence-electron chi connectivity index (χ2n) is 6.74. The van der Waals surface area contributed by atoms with Crippen LogP contribution in [0, 0.1) is 12.3 Å². The molecule has 1 unspecified atom stereocenters. The Balaban J connectivity index is 1.70. The second-order valence-corrected chi connectivity index (χ2v) is 9.33. The Kier molecular flexibility index (Phi) is 4.06. The van der Waals surface area contributed by atoms with E-state index in [1.807, 2.05) is 13.0 Å². The molecule has 1 aromatic carbocycles. The first-order valence-electron chi connectivity index (χ1n) is 7.55. The van der Waals surface area contributed by atoms with Crippen LogP contribution < -0.4 is 0 Å². The van der Waals surface area contributed by atoms with Crippen molar-refractivity contribution in [1.82, 2.24) is 4.90 Å². The van der Waals surface area contributed by atoms with Gasteiger partial charge in [-0.05, 0) is 55.3 Å². The van der Waals surface area contributed by atoms with Crippen molar-refractivity contribution in [3.8, 4) is 0 Å². The number of sulfone groups is 1. The van der Waals surface area contributed by atoms with Crippen molar-refractivity contribution in [3.63, 3.8) is 0 Å². The summed E-state index contributed by atoms with van der Waals surface area (Å²) in [5, 5.41) is 0.802. The molecule has 0 radical (unpaired) electrons. The van der Waals surface area contributed by atoms with Crippen molar-refractivity contribution in [3.05, 3.63) is 34.3 Å². The zero-order chi connectivity index (χ0) is 15.1. The summed E-state index contributed by atoms with van der Waals surface area (Å²) in [6.07, 6.45) is 3.00. The minimum absolute atomic E-state index is 0.0125. The molecule has 0 amide bonds. The first-order chi connectivity index (χ1) is 9.88. The lowest BCUT2D eigenvalue weighted by atomic mass is 9.79. The van der Waals surface area contributed by atoms with E-state index in [0.717, 1.165) is 49.5 Å². The molecule has 2 fully saturated rings. The molecule has 0 N–H and O–H groups in total. The molecule has 5 heteroatoms. The van der Waals surface area contributed by atoms with Gasteiger partial charge >= 0.3 is 0 Å². The number of benzene rings is 1. The maximum Gasteiger partial charge on any atom is 0.150 e. The molecule has 0 saturated carbocycles. The van der Waals surface area contributed by atoms with Crippen LogP contribution >= 0.6 is 11.6 Å². The van der Waals surface area contributed by atoms with Gasteiger partial charge in [-0.25, -0.2) is 8.42 Å². The van der Waals surface area contributed by atoms with Crippen LogP contribution in [0.5, 0.6) is 0 Å². The predicted molar refractivity (Wildman–Crippen MR) is 86.4 cm³/mol. The van der Waals surface area contributed by atoms with Crippen LogP contribution in [0.4, 0.5) is 0 Å². The van der Waals surface area contributed by atoms with Crippen molar-refractivity contribution in [2.75, 3.05) is 24.6 Å². The maximum atomic E-state index is 11.8. The summed E-state index contributed by atoms with van der Waals surface area (Å²) in [4.78, 5) is 2.41. The molecule has 0 aliphatic carbocycles. The molecule has 0 aromatic heterocycles. The fourth-order valence-electron chi connectivity index (χ4n) is 3.81. The van der Waals surface area contributed by atoms with Crippen molar-refractivity contribution in [1.29, 1.82) is 0 Å². The van der Waals surface area contributed by atoms with Crippen molar-refractivity contribution < 1.29 is 8.42 Å². The van der Waals surface area contributed by atoms with Gasteiger partial charge in [-0.3, -0.25) is 4.90 Å². The van der Waals surface area contributed by atoms with E-state index in [-0.39, 0.29) is 5.41 Å². The maximum absolute atomic E-state index is 11.8. The molecule has 1 aromatic rings. The van der Waals surface area contributed by atoms with E-state index in [2.05, 4.69) is 17.0 Å². The number of hydrogen-bond donors (Lipinski definition) is 0. The molecule has 2 aliphatic rings. The predicted octanol–water partition coefficient (Wildman–Crippen LogP) is 3.05. The van der Waals surface area contributed by atoms with Gasteiger partial charge in [-0.2, -0.15) is 0 Å². The van der Waals surface area contributed by atoms with E-state index < -0.39 is 9.84 Å². The Bertz CT molecular complexity index is 644. The number of hydrogen-bond acceptors (Lipinski definition) is 3. The molecular weight excluding hydrogens is 306 g/mol. The van der Waals surface area contributed by atoms with Gasteiger partial charge in [0.15, 0.2) is 9.84 Å². The highest BCUT2D eigenvalue weighted by atomic mass is 35.5. The monoisotopic (exact) mass is 327 g/mol. The molecule has 2 saturated heterocycles. The molecule has 21 heavy (non-hydrogen) atoms. The lowest BCUT2D eigenvalue weighted by Crippen LogP contribution is -2.43. The first-order valence-corrected chi connectivity index (χ1v) is 9.75. The molecule has 3 rings (SSSR count). The largest absolute Gasteiger partial charge is 0.298 e. The highest BCUT2D eigenvalue weighted by Gasteiger charge is 2.44. The topological polar surface area (TPSA) is 37.4 Å². The van der Waals surface area contributed by atoms with Gasteiger partial charge in [0.1, 0.15) is 0 Å². The van der Waals surface area contributed by atoms with Crippen LogP contribution in [0.2, 0.25) is 5.02 Å². The third kappa shape index (κ3) is 3.43. The Morgan fingerprint density at radius 2 is 2.14 bits per heavy atom. The standard InChI is InChI=1S/C16H22ClNO2S/c1-13-9-14(3-4-15(13)17)10-18-7-2-5-16(11-18)6-8-21(19,20)12-16/h3-4,9H,2,5-8,10-12H2,1H3. The van der Waals surface area contributed by atoms with Gasteiger partial charge in [0.2, 0.25) is 0 Å². The summed E-state index contributed by atoms with van der Waals surface area (Å²) in [7, 11) is -2.81. The average molecular weight is 328 g/mol.